The van der Waals surface area contributed by atoms with Crippen LogP contribution in [0.3, 0.4) is 0 Å². The molecule has 0 amide bonds. The minimum absolute atomic E-state index is 0.0912. The van der Waals surface area contributed by atoms with Gasteiger partial charge in [0.2, 0.25) is 0 Å². The van der Waals surface area contributed by atoms with Crippen molar-refractivity contribution in [2.75, 3.05) is 7.11 Å². The van der Waals surface area contributed by atoms with Crippen molar-refractivity contribution in [3.05, 3.63) is 59.1 Å². The third-order valence-corrected chi connectivity index (χ3v) is 5.49. The van der Waals surface area contributed by atoms with Crippen LogP contribution in [0.1, 0.15) is 41.6 Å². The van der Waals surface area contributed by atoms with Gasteiger partial charge < -0.3 is 18.6 Å². The molecule has 142 valence electrons. The number of methoxy groups -OCH3 is 1. The summed E-state index contributed by atoms with van der Waals surface area (Å²) in [7, 11) is 1.34. The van der Waals surface area contributed by atoms with E-state index >= 15 is 0 Å². The number of ether oxygens (including phenoxy) is 3. The Bertz CT molecular complexity index is 888. The number of hydrogen-bond donors (Lipinski definition) is 0. The van der Waals surface area contributed by atoms with E-state index < -0.39 is 12.1 Å². The van der Waals surface area contributed by atoms with Crippen LogP contribution in [0.4, 0.5) is 0 Å². The molecule has 0 aliphatic carbocycles. The topological polar surface area (TPSA) is 78.3 Å². The summed E-state index contributed by atoms with van der Waals surface area (Å²) in [5.74, 6) is -0.260. The molecule has 0 saturated carbocycles. The summed E-state index contributed by atoms with van der Waals surface area (Å²) in [5, 5.41) is 0. The second-order valence-corrected chi connectivity index (χ2v) is 7.47. The van der Waals surface area contributed by atoms with Crippen LogP contribution in [-0.2, 0) is 25.4 Å². The lowest BCUT2D eigenvalue weighted by atomic mass is 9.87. The minimum Gasteiger partial charge on any atom is -0.465 e. The van der Waals surface area contributed by atoms with Gasteiger partial charge >= 0.3 is 11.9 Å². The van der Waals surface area contributed by atoms with Crippen molar-refractivity contribution in [3.8, 4) is 0 Å². The summed E-state index contributed by atoms with van der Waals surface area (Å²) in [6.45, 7) is 11.8. The van der Waals surface area contributed by atoms with E-state index in [0.717, 1.165) is 11.1 Å². The summed E-state index contributed by atoms with van der Waals surface area (Å²) >= 11 is 0. The molecule has 0 unspecified atom stereocenters. The normalized spacial score (nSPS) is 31.1. The Morgan fingerprint density at radius 3 is 2.63 bits per heavy atom. The third kappa shape index (κ3) is 2.84. The molecule has 1 aromatic rings. The summed E-state index contributed by atoms with van der Waals surface area (Å²) < 4.78 is 22.4. The number of carbonyl (C=O) groups excluding carboxylic acids is 2. The van der Waals surface area contributed by atoms with Crippen LogP contribution in [-0.4, -0.2) is 37.4 Å². The lowest BCUT2D eigenvalue weighted by Gasteiger charge is -2.20. The largest absolute Gasteiger partial charge is 0.465 e. The number of epoxide rings is 1. The Hall–Kier alpha value is -2.60. The molecule has 4 heterocycles. The number of carbonyl (C=O) groups is 2. The Labute approximate surface area is 157 Å². The van der Waals surface area contributed by atoms with E-state index in [1.165, 1.54) is 7.11 Å². The fraction of sp³-hybridized carbons (Fsp3) is 0.429. The van der Waals surface area contributed by atoms with Crippen LogP contribution in [0.5, 0.6) is 0 Å². The lowest BCUT2D eigenvalue weighted by molar-refractivity contribution is -0.140. The molecule has 27 heavy (non-hydrogen) atoms. The minimum atomic E-state index is -0.541. The summed E-state index contributed by atoms with van der Waals surface area (Å²) in [4.78, 5) is 24.7. The fourth-order valence-electron chi connectivity index (χ4n) is 4.02. The molecule has 0 spiro atoms. The van der Waals surface area contributed by atoms with Crippen LogP contribution in [0, 0.1) is 5.92 Å². The average molecular weight is 370 g/mol. The molecular formula is C21H22O6. The van der Waals surface area contributed by atoms with Crippen LogP contribution < -0.4 is 0 Å². The Balaban J connectivity index is 1.87. The maximum absolute atomic E-state index is 12.4. The Morgan fingerprint density at radius 1 is 1.26 bits per heavy atom. The van der Waals surface area contributed by atoms with Gasteiger partial charge in [0, 0.05) is 12.3 Å². The molecule has 6 nitrogen and oxygen atoms in total. The number of fused-ring (bicyclic) bond motifs is 5. The van der Waals surface area contributed by atoms with Crippen LogP contribution in [0.2, 0.25) is 0 Å². The first kappa shape index (κ1) is 17.8. The van der Waals surface area contributed by atoms with Gasteiger partial charge in [0.25, 0.3) is 0 Å². The van der Waals surface area contributed by atoms with Crippen molar-refractivity contribution in [1.29, 1.82) is 0 Å². The molecule has 1 aromatic heterocycles. The van der Waals surface area contributed by atoms with E-state index in [-0.39, 0.29) is 30.0 Å². The quantitative estimate of drug-likeness (QED) is 0.462. The average Bonchev–Trinajstić information content (AvgIpc) is 3.12. The molecule has 3 aliphatic rings. The zero-order valence-electron chi connectivity index (χ0n) is 15.6. The van der Waals surface area contributed by atoms with Crippen molar-refractivity contribution in [2.45, 2.75) is 44.5 Å². The highest BCUT2D eigenvalue weighted by molar-refractivity contribution is 5.93. The smallest absolute Gasteiger partial charge is 0.341 e. The van der Waals surface area contributed by atoms with E-state index in [2.05, 4.69) is 13.2 Å². The van der Waals surface area contributed by atoms with E-state index in [4.69, 9.17) is 18.6 Å². The van der Waals surface area contributed by atoms with Gasteiger partial charge in [0.05, 0.1) is 24.7 Å². The van der Waals surface area contributed by atoms with Gasteiger partial charge in [-0.2, -0.15) is 0 Å². The van der Waals surface area contributed by atoms with Crippen molar-refractivity contribution < 1.29 is 28.2 Å². The molecule has 3 aliphatic heterocycles. The number of esters is 2. The maximum atomic E-state index is 12.4. The summed E-state index contributed by atoms with van der Waals surface area (Å²) in [5.41, 5.74) is 2.58. The molecule has 4 bridgehead atoms. The summed E-state index contributed by atoms with van der Waals surface area (Å²) in [6.07, 6.45) is 1.19. The summed E-state index contributed by atoms with van der Waals surface area (Å²) in [6, 6.07) is 1.67. The highest BCUT2D eigenvalue weighted by Crippen LogP contribution is 2.45. The first-order chi connectivity index (χ1) is 12.8. The SMILES string of the molecule is C=C(C)[C@H]1Cc2oc(cc2C(=O)OC)[C@H](C(=C)C)[C@H]2C=C(C(=O)O2)[C@@H]2O[C@H]12. The Morgan fingerprint density at radius 2 is 2.00 bits per heavy atom. The first-order valence-corrected chi connectivity index (χ1v) is 8.91. The molecule has 0 N–H and O–H groups in total. The number of furan rings is 1. The standard InChI is InChI=1S/C21H22O6/c1-9(2)11-6-14-12(20(22)24-5)7-15(25-14)17(10(3)4)16-8-13(21(23)26-16)19-18(11)27-19/h7-8,11,16-19H,1,3,6H2,2,4-5H3/t11-,16-,17+,18-,19+/m1/s1. The van der Waals surface area contributed by atoms with Gasteiger partial charge in [0.15, 0.2) is 0 Å². The van der Waals surface area contributed by atoms with Crippen molar-refractivity contribution in [2.24, 2.45) is 5.92 Å². The van der Waals surface area contributed by atoms with E-state index in [1.807, 2.05) is 13.8 Å². The molecule has 1 saturated heterocycles. The number of hydrogen-bond acceptors (Lipinski definition) is 6. The molecule has 4 rings (SSSR count). The van der Waals surface area contributed by atoms with Crippen molar-refractivity contribution in [1.82, 2.24) is 0 Å². The van der Waals surface area contributed by atoms with Crippen molar-refractivity contribution in [3.63, 3.8) is 0 Å². The van der Waals surface area contributed by atoms with E-state index in [1.54, 1.807) is 12.1 Å². The van der Waals surface area contributed by atoms with Crippen molar-refractivity contribution >= 4 is 11.9 Å². The second kappa shape index (κ2) is 6.23. The van der Waals surface area contributed by atoms with Gasteiger partial charge in [0.1, 0.15) is 29.3 Å². The molecule has 6 heteroatoms. The van der Waals surface area contributed by atoms with Gasteiger partial charge in [-0.05, 0) is 26.0 Å². The zero-order valence-corrected chi connectivity index (χ0v) is 15.6. The third-order valence-electron chi connectivity index (χ3n) is 5.49. The highest BCUT2D eigenvalue weighted by Gasteiger charge is 2.53. The molecule has 0 aromatic carbocycles. The monoisotopic (exact) mass is 370 g/mol. The Kier molecular flexibility index (Phi) is 4.11. The first-order valence-electron chi connectivity index (χ1n) is 8.91. The van der Waals surface area contributed by atoms with Crippen LogP contribution in [0.15, 0.2) is 46.4 Å². The second-order valence-electron chi connectivity index (χ2n) is 7.47. The van der Waals surface area contributed by atoms with Gasteiger partial charge in [-0.1, -0.05) is 24.3 Å². The zero-order chi connectivity index (χ0) is 19.5. The van der Waals surface area contributed by atoms with Crippen LogP contribution in [0.25, 0.3) is 0 Å². The van der Waals surface area contributed by atoms with Gasteiger partial charge in [-0.25, -0.2) is 9.59 Å². The molecule has 0 radical (unpaired) electrons. The van der Waals surface area contributed by atoms with Gasteiger partial charge in [-0.3, -0.25) is 0 Å². The molecular weight excluding hydrogens is 348 g/mol. The van der Waals surface area contributed by atoms with E-state index in [0.29, 0.717) is 29.1 Å². The van der Waals surface area contributed by atoms with Gasteiger partial charge in [-0.15, -0.1) is 0 Å². The number of rotatable bonds is 3. The lowest BCUT2D eigenvalue weighted by Crippen LogP contribution is -2.20. The fourth-order valence-corrected chi connectivity index (χ4v) is 4.02. The predicted molar refractivity (Wildman–Crippen MR) is 96.2 cm³/mol. The van der Waals surface area contributed by atoms with E-state index in [9.17, 15) is 9.59 Å². The molecule has 1 fully saturated rings. The maximum Gasteiger partial charge on any atom is 0.341 e. The van der Waals surface area contributed by atoms with Crippen LogP contribution >= 0.6 is 0 Å². The highest BCUT2D eigenvalue weighted by atomic mass is 16.6. The predicted octanol–water partition coefficient (Wildman–Crippen LogP) is 3.09. The molecule has 5 atom stereocenters.